The van der Waals surface area contributed by atoms with Crippen LogP contribution in [0.3, 0.4) is 0 Å². The molecule has 1 aromatic heterocycles. The first kappa shape index (κ1) is 9.81. The fourth-order valence-corrected chi connectivity index (χ4v) is 1.14. The average Bonchev–Trinajstić information content (AvgIpc) is 2.07. The maximum atomic E-state index is 12.9. The highest BCUT2D eigenvalue weighted by Gasteiger charge is 1.97. The molecule has 0 radical (unpaired) electrons. The van der Waals surface area contributed by atoms with Crippen molar-refractivity contribution in [1.82, 2.24) is 4.98 Å². The fourth-order valence-electron chi connectivity index (χ4n) is 0.653. The number of hydrogen-bond acceptors (Lipinski definition) is 2. The fraction of sp³-hybridized carbons (Fsp3) is 0.125. The highest BCUT2D eigenvalue weighted by molar-refractivity contribution is 14.2. The van der Waals surface area contributed by atoms with Gasteiger partial charge in [-0.15, -0.1) is 0 Å². The van der Waals surface area contributed by atoms with Gasteiger partial charge in [-0.2, -0.15) is 0 Å². The van der Waals surface area contributed by atoms with Gasteiger partial charge in [0.05, 0.1) is 5.69 Å². The van der Waals surface area contributed by atoms with Crippen molar-refractivity contribution in [3.05, 3.63) is 29.3 Å². The van der Waals surface area contributed by atoms with Crippen molar-refractivity contribution in [3.63, 3.8) is 0 Å². The number of nitrogens with zero attached hydrogens (tertiary/aromatic N) is 1. The van der Waals surface area contributed by atoms with E-state index in [1.165, 1.54) is 15.0 Å². The molecule has 62 valence electrons. The van der Waals surface area contributed by atoms with Crippen LogP contribution < -0.4 is 0 Å². The minimum absolute atomic E-state index is 0.305. The third-order valence-corrected chi connectivity index (χ3v) is 2.10. The summed E-state index contributed by atoms with van der Waals surface area (Å²) in [6.07, 6.45) is 1.57. The Morgan fingerprint density at radius 2 is 2.42 bits per heavy atom. The number of rotatable bonds is 0. The van der Waals surface area contributed by atoms with Gasteiger partial charge in [-0.3, -0.25) is 4.98 Å². The van der Waals surface area contributed by atoms with Crippen molar-refractivity contribution in [1.29, 1.82) is 0 Å². The minimum atomic E-state index is -0.305. The second kappa shape index (κ2) is 4.67. The lowest BCUT2D eigenvalue weighted by atomic mass is 10.2. The summed E-state index contributed by atoms with van der Waals surface area (Å²) < 4.78 is 12.9. The topological polar surface area (TPSA) is 12.9 Å². The molecule has 0 aliphatic carbocycles. The van der Waals surface area contributed by atoms with Crippen LogP contribution in [0.2, 0.25) is 0 Å². The van der Waals surface area contributed by atoms with Gasteiger partial charge in [0.1, 0.15) is 5.82 Å². The van der Waals surface area contributed by atoms with Crippen LogP contribution in [0, 0.1) is 23.9 Å². The predicted octanol–water partition coefficient (Wildman–Crippen LogP) is 2.92. The Bertz CT molecular complexity index is 343. The largest absolute Gasteiger partial charge is 0.257 e. The molecule has 0 N–H and O–H groups in total. The second-order valence-corrected chi connectivity index (χ2v) is 3.78. The third kappa shape index (κ3) is 2.64. The number of pyridine rings is 1. The van der Waals surface area contributed by atoms with Crippen LogP contribution in [-0.4, -0.2) is 4.98 Å². The van der Waals surface area contributed by atoms with Crippen LogP contribution >= 0.6 is 30.1 Å². The van der Waals surface area contributed by atoms with Gasteiger partial charge in [-0.25, -0.2) is 4.39 Å². The molecule has 0 spiro atoms. The van der Waals surface area contributed by atoms with E-state index in [0.717, 1.165) is 0 Å². The summed E-state index contributed by atoms with van der Waals surface area (Å²) >= 11 is 2.06. The summed E-state index contributed by atoms with van der Waals surface area (Å²) in [4.78, 5) is 3.84. The van der Waals surface area contributed by atoms with Crippen molar-refractivity contribution in [2.75, 3.05) is 0 Å². The van der Waals surface area contributed by atoms with Crippen molar-refractivity contribution >= 4 is 30.1 Å². The zero-order chi connectivity index (χ0) is 8.97. The van der Waals surface area contributed by atoms with Crippen LogP contribution in [-0.2, 0) is 0 Å². The van der Waals surface area contributed by atoms with Gasteiger partial charge in [0.2, 0.25) is 0 Å². The maximum absolute atomic E-state index is 12.9. The molecule has 0 aliphatic heterocycles. The Morgan fingerprint density at radius 3 is 3.00 bits per heavy atom. The summed E-state index contributed by atoms with van der Waals surface area (Å²) in [5, 5.41) is 2.76. The number of aromatic nitrogens is 1. The summed E-state index contributed by atoms with van der Waals surface area (Å²) in [5.41, 5.74) is 1.02. The molecule has 0 saturated heterocycles. The van der Waals surface area contributed by atoms with Crippen LogP contribution in [0.5, 0.6) is 0 Å². The van der Waals surface area contributed by atoms with Gasteiger partial charge < -0.3 is 0 Å². The Morgan fingerprint density at radius 1 is 1.67 bits per heavy atom. The van der Waals surface area contributed by atoms with Gasteiger partial charge in [0, 0.05) is 33.0 Å². The summed E-state index contributed by atoms with van der Waals surface area (Å²) in [6, 6.07) is 1.39. The molecule has 0 saturated carbocycles. The van der Waals surface area contributed by atoms with E-state index in [2.05, 4.69) is 37.4 Å². The van der Waals surface area contributed by atoms with E-state index in [-0.39, 0.29) is 5.82 Å². The summed E-state index contributed by atoms with van der Waals surface area (Å²) in [5.74, 6) is 2.46. The van der Waals surface area contributed by atoms with Crippen molar-refractivity contribution in [3.8, 4) is 11.2 Å². The molecule has 0 bridgehead atoms. The molecule has 0 amide bonds. The molecule has 1 nitrogen and oxygen atoms in total. The van der Waals surface area contributed by atoms with E-state index in [1.807, 2.05) is 0 Å². The number of halogens is 2. The molecular weight excluding hydrogens is 288 g/mol. The first-order valence-corrected chi connectivity index (χ1v) is 6.50. The lowest BCUT2D eigenvalue weighted by Gasteiger charge is -1.93. The highest BCUT2D eigenvalue weighted by Crippen LogP contribution is 2.09. The first-order valence-electron chi connectivity index (χ1n) is 3.15. The molecule has 4 heteroatoms. The quantitative estimate of drug-likeness (QED) is 0.539. The second-order valence-electron chi connectivity index (χ2n) is 2.10. The van der Waals surface area contributed by atoms with Gasteiger partial charge in [-0.05, 0) is 27.2 Å². The predicted molar refractivity (Wildman–Crippen MR) is 57.4 cm³/mol. The van der Waals surface area contributed by atoms with Gasteiger partial charge in [0.15, 0.2) is 0 Å². The standard InChI is InChI=1S/C8H5FINS/c1-6-8(9)4-7(5-11-6)2-3-12-10/h4-5H,1H3. The van der Waals surface area contributed by atoms with Crippen LogP contribution in [0.1, 0.15) is 11.3 Å². The van der Waals surface area contributed by atoms with Crippen LogP contribution in [0.25, 0.3) is 0 Å². The maximum Gasteiger partial charge on any atom is 0.145 e. The molecule has 0 aliphatic rings. The normalized spacial score (nSPS) is 8.92. The van der Waals surface area contributed by atoms with Crippen LogP contribution in [0.4, 0.5) is 4.39 Å². The number of aryl methyl sites for hydroxylation is 1. The van der Waals surface area contributed by atoms with E-state index in [4.69, 9.17) is 0 Å². The van der Waals surface area contributed by atoms with E-state index in [9.17, 15) is 4.39 Å². The van der Waals surface area contributed by atoms with E-state index in [0.29, 0.717) is 11.3 Å². The molecule has 1 rings (SSSR count). The molecule has 12 heavy (non-hydrogen) atoms. The molecule has 0 fully saturated rings. The van der Waals surface area contributed by atoms with Gasteiger partial charge in [0.25, 0.3) is 0 Å². The Kier molecular flexibility index (Phi) is 3.82. The van der Waals surface area contributed by atoms with Crippen molar-refractivity contribution in [2.45, 2.75) is 6.92 Å². The number of hydrogen-bond donors (Lipinski definition) is 0. The highest BCUT2D eigenvalue weighted by atomic mass is 127. The molecule has 1 heterocycles. The van der Waals surface area contributed by atoms with Crippen LogP contribution in [0.15, 0.2) is 12.3 Å². The Balaban J connectivity index is 2.97. The van der Waals surface area contributed by atoms with E-state index < -0.39 is 0 Å². The lowest BCUT2D eigenvalue weighted by Crippen LogP contribution is -1.88. The summed E-state index contributed by atoms with van der Waals surface area (Å²) in [6.45, 7) is 1.62. The van der Waals surface area contributed by atoms with Gasteiger partial charge >= 0.3 is 0 Å². The van der Waals surface area contributed by atoms with E-state index >= 15 is 0 Å². The summed E-state index contributed by atoms with van der Waals surface area (Å²) in [7, 11) is 1.37. The van der Waals surface area contributed by atoms with Gasteiger partial charge in [-0.1, -0.05) is 5.92 Å². The minimum Gasteiger partial charge on any atom is -0.257 e. The van der Waals surface area contributed by atoms with Crippen molar-refractivity contribution < 1.29 is 4.39 Å². The molecule has 0 aromatic carbocycles. The lowest BCUT2D eigenvalue weighted by molar-refractivity contribution is 0.609. The smallest absolute Gasteiger partial charge is 0.145 e. The Labute approximate surface area is 86.7 Å². The SMILES string of the molecule is Cc1ncc(C#CSI)cc1F. The molecule has 0 atom stereocenters. The third-order valence-electron chi connectivity index (χ3n) is 1.26. The zero-order valence-electron chi connectivity index (χ0n) is 6.27. The zero-order valence-corrected chi connectivity index (χ0v) is 9.24. The first-order chi connectivity index (χ1) is 5.74. The molecule has 1 aromatic rings. The monoisotopic (exact) mass is 293 g/mol. The van der Waals surface area contributed by atoms with E-state index in [1.54, 1.807) is 13.1 Å². The Hall–Kier alpha value is -0.280. The van der Waals surface area contributed by atoms with Crippen molar-refractivity contribution in [2.24, 2.45) is 0 Å². The average molecular weight is 293 g/mol. The molecular formula is C8H5FINS. The molecule has 0 unspecified atom stereocenters.